The lowest BCUT2D eigenvalue weighted by atomic mass is 10.2. The standard InChI is InChI=1S/C16H26N4O2/c1-13(16(21)17-11-15-6-3-10-22-15)20-9-2-5-14(20)12-19-8-4-7-18-19/h4,7-8,13-15H,2-3,5-6,9-12H2,1H3,(H,17,21). The number of rotatable bonds is 6. The maximum atomic E-state index is 12.4. The lowest BCUT2D eigenvalue weighted by Crippen LogP contribution is -2.49. The summed E-state index contributed by atoms with van der Waals surface area (Å²) in [5.74, 6) is 0.114. The van der Waals surface area contributed by atoms with Crippen LogP contribution in [0.5, 0.6) is 0 Å². The molecule has 1 amide bonds. The molecule has 3 heterocycles. The molecule has 3 atom stereocenters. The second-order valence-corrected chi connectivity index (χ2v) is 6.32. The number of carbonyl (C=O) groups is 1. The van der Waals surface area contributed by atoms with E-state index < -0.39 is 0 Å². The molecule has 2 aliphatic heterocycles. The predicted molar refractivity (Wildman–Crippen MR) is 83.4 cm³/mol. The summed E-state index contributed by atoms with van der Waals surface area (Å²) < 4.78 is 7.52. The minimum atomic E-state index is -0.0931. The van der Waals surface area contributed by atoms with Crippen LogP contribution in [0.3, 0.4) is 0 Å². The summed E-state index contributed by atoms with van der Waals surface area (Å²) in [6.07, 6.45) is 8.43. The molecule has 1 N–H and O–H groups in total. The number of nitrogens with one attached hydrogen (secondary N) is 1. The molecule has 1 aromatic rings. The average molecular weight is 306 g/mol. The number of amides is 1. The summed E-state index contributed by atoms with van der Waals surface area (Å²) in [6.45, 7) is 5.32. The Balaban J connectivity index is 1.50. The van der Waals surface area contributed by atoms with Crippen molar-refractivity contribution in [2.24, 2.45) is 0 Å². The van der Waals surface area contributed by atoms with Gasteiger partial charge >= 0.3 is 0 Å². The number of carbonyl (C=O) groups excluding carboxylic acids is 1. The minimum Gasteiger partial charge on any atom is -0.376 e. The van der Waals surface area contributed by atoms with Crippen LogP contribution in [0.2, 0.25) is 0 Å². The zero-order valence-electron chi connectivity index (χ0n) is 13.3. The van der Waals surface area contributed by atoms with Crippen LogP contribution >= 0.6 is 0 Å². The quantitative estimate of drug-likeness (QED) is 0.853. The third kappa shape index (κ3) is 3.67. The molecule has 0 aliphatic carbocycles. The lowest BCUT2D eigenvalue weighted by molar-refractivity contribution is -0.126. The van der Waals surface area contributed by atoms with Gasteiger partial charge in [0.1, 0.15) is 0 Å². The van der Waals surface area contributed by atoms with Crippen LogP contribution in [0.15, 0.2) is 18.5 Å². The molecule has 0 saturated carbocycles. The first-order valence-electron chi connectivity index (χ1n) is 8.36. The second kappa shape index (κ2) is 7.24. The molecule has 2 fully saturated rings. The van der Waals surface area contributed by atoms with E-state index in [4.69, 9.17) is 4.74 Å². The fraction of sp³-hybridized carbons (Fsp3) is 0.750. The number of hydrogen-bond donors (Lipinski definition) is 1. The molecule has 6 heteroatoms. The largest absolute Gasteiger partial charge is 0.376 e. The minimum absolute atomic E-state index is 0.0931. The Morgan fingerprint density at radius 3 is 3.09 bits per heavy atom. The summed E-state index contributed by atoms with van der Waals surface area (Å²) >= 11 is 0. The third-order valence-electron chi connectivity index (χ3n) is 4.78. The SMILES string of the molecule is CC(C(=O)NCC1CCCO1)N1CCCC1Cn1cccn1. The molecular weight excluding hydrogens is 280 g/mol. The van der Waals surface area contributed by atoms with Gasteiger partial charge in [-0.3, -0.25) is 14.4 Å². The zero-order chi connectivity index (χ0) is 15.4. The molecule has 0 aromatic carbocycles. The smallest absolute Gasteiger partial charge is 0.237 e. The molecule has 0 radical (unpaired) electrons. The molecule has 3 unspecified atom stereocenters. The fourth-order valence-corrected chi connectivity index (χ4v) is 3.51. The van der Waals surface area contributed by atoms with Crippen molar-refractivity contribution in [3.63, 3.8) is 0 Å². The molecule has 1 aromatic heterocycles. The van der Waals surface area contributed by atoms with Crippen LogP contribution in [-0.2, 0) is 16.1 Å². The molecule has 22 heavy (non-hydrogen) atoms. The van der Waals surface area contributed by atoms with Crippen LogP contribution < -0.4 is 5.32 Å². The normalized spacial score (nSPS) is 27.1. The van der Waals surface area contributed by atoms with Gasteiger partial charge in [-0.15, -0.1) is 0 Å². The van der Waals surface area contributed by atoms with E-state index in [9.17, 15) is 4.79 Å². The van der Waals surface area contributed by atoms with Gasteiger partial charge in [0.25, 0.3) is 0 Å². The van der Waals surface area contributed by atoms with Crippen molar-refractivity contribution < 1.29 is 9.53 Å². The van der Waals surface area contributed by atoms with E-state index in [0.29, 0.717) is 12.6 Å². The van der Waals surface area contributed by atoms with Crippen molar-refractivity contribution in [2.75, 3.05) is 19.7 Å². The Morgan fingerprint density at radius 1 is 1.45 bits per heavy atom. The summed E-state index contributed by atoms with van der Waals surface area (Å²) in [7, 11) is 0. The van der Waals surface area contributed by atoms with Crippen LogP contribution in [0.25, 0.3) is 0 Å². The van der Waals surface area contributed by atoms with Gasteiger partial charge in [-0.25, -0.2) is 0 Å². The molecule has 2 saturated heterocycles. The number of ether oxygens (including phenoxy) is 1. The molecule has 122 valence electrons. The van der Waals surface area contributed by atoms with E-state index in [2.05, 4.69) is 15.3 Å². The van der Waals surface area contributed by atoms with E-state index in [1.165, 1.54) is 0 Å². The van der Waals surface area contributed by atoms with E-state index in [1.807, 2.05) is 23.9 Å². The van der Waals surface area contributed by atoms with Gasteiger partial charge in [0, 0.05) is 31.6 Å². The predicted octanol–water partition coefficient (Wildman–Crippen LogP) is 1.03. The fourth-order valence-electron chi connectivity index (χ4n) is 3.51. The second-order valence-electron chi connectivity index (χ2n) is 6.32. The highest BCUT2D eigenvalue weighted by Crippen LogP contribution is 2.21. The lowest BCUT2D eigenvalue weighted by Gasteiger charge is -2.30. The Kier molecular flexibility index (Phi) is 5.10. The van der Waals surface area contributed by atoms with Gasteiger partial charge in [0.15, 0.2) is 0 Å². The Hall–Kier alpha value is -1.40. The monoisotopic (exact) mass is 306 g/mol. The molecule has 6 nitrogen and oxygen atoms in total. The summed E-state index contributed by atoms with van der Waals surface area (Å²) in [4.78, 5) is 14.7. The van der Waals surface area contributed by atoms with Gasteiger partial charge in [0.2, 0.25) is 5.91 Å². The Bertz CT molecular complexity index is 471. The number of nitrogens with zero attached hydrogens (tertiary/aromatic N) is 3. The highest BCUT2D eigenvalue weighted by molar-refractivity contribution is 5.81. The summed E-state index contributed by atoms with van der Waals surface area (Å²) in [5, 5.41) is 7.33. The molecular formula is C16H26N4O2. The summed E-state index contributed by atoms with van der Waals surface area (Å²) in [6, 6.07) is 2.24. The van der Waals surface area contributed by atoms with E-state index in [1.54, 1.807) is 6.20 Å². The molecule has 3 rings (SSSR count). The van der Waals surface area contributed by atoms with Crippen molar-refractivity contribution in [3.05, 3.63) is 18.5 Å². The first-order valence-corrected chi connectivity index (χ1v) is 8.36. The van der Waals surface area contributed by atoms with Crippen LogP contribution in [0.1, 0.15) is 32.6 Å². The van der Waals surface area contributed by atoms with Crippen molar-refractivity contribution in [1.82, 2.24) is 20.0 Å². The van der Waals surface area contributed by atoms with Gasteiger partial charge in [-0.05, 0) is 45.2 Å². The number of likely N-dealkylation sites (tertiary alicyclic amines) is 1. The van der Waals surface area contributed by atoms with E-state index >= 15 is 0 Å². The van der Waals surface area contributed by atoms with Gasteiger partial charge in [-0.1, -0.05) is 0 Å². The van der Waals surface area contributed by atoms with Crippen LogP contribution in [0.4, 0.5) is 0 Å². The first-order chi connectivity index (χ1) is 10.7. The maximum Gasteiger partial charge on any atom is 0.237 e. The maximum absolute atomic E-state index is 12.4. The molecule has 2 aliphatic rings. The van der Waals surface area contributed by atoms with Gasteiger partial charge < -0.3 is 10.1 Å². The zero-order valence-corrected chi connectivity index (χ0v) is 13.3. The van der Waals surface area contributed by atoms with Crippen molar-refractivity contribution in [3.8, 4) is 0 Å². The number of hydrogen-bond acceptors (Lipinski definition) is 4. The van der Waals surface area contributed by atoms with E-state index in [-0.39, 0.29) is 18.1 Å². The molecule has 0 bridgehead atoms. The van der Waals surface area contributed by atoms with Crippen LogP contribution in [-0.4, -0.2) is 58.5 Å². The van der Waals surface area contributed by atoms with Crippen molar-refractivity contribution >= 4 is 5.91 Å². The van der Waals surface area contributed by atoms with Crippen LogP contribution in [0, 0.1) is 0 Å². The number of aromatic nitrogens is 2. The summed E-state index contributed by atoms with van der Waals surface area (Å²) in [5.41, 5.74) is 0. The average Bonchev–Trinajstić information content (AvgIpc) is 3.27. The Labute approximate surface area is 131 Å². The third-order valence-corrected chi connectivity index (χ3v) is 4.78. The van der Waals surface area contributed by atoms with Gasteiger partial charge in [0.05, 0.1) is 18.7 Å². The highest BCUT2D eigenvalue weighted by atomic mass is 16.5. The highest BCUT2D eigenvalue weighted by Gasteiger charge is 2.32. The topological polar surface area (TPSA) is 59.4 Å². The van der Waals surface area contributed by atoms with E-state index in [0.717, 1.165) is 45.4 Å². The van der Waals surface area contributed by atoms with Gasteiger partial charge in [-0.2, -0.15) is 5.10 Å². The Morgan fingerprint density at radius 2 is 2.36 bits per heavy atom. The first kappa shape index (κ1) is 15.5. The van der Waals surface area contributed by atoms with Crippen molar-refractivity contribution in [2.45, 2.75) is 57.3 Å². The van der Waals surface area contributed by atoms with Crippen molar-refractivity contribution in [1.29, 1.82) is 0 Å². The molecule has 0 spiro atoms.